The Bertz CT molecular complexity index is 423. The summed E-state index contributed by atoms with van der Waals surface area (Å²) in [7, 11) is 2.13. The second-order valence-corrected chi connectivity index (χ2v) is 5.00. The molecule has 1 heterocycles. The first-order valence-electron chi connectivity index (χ1n) is 6.59. The number of aliphatic hydroxyl groups excluding tert-OH is 1. The molecular formula is C14H21N3O2. The first-order valence-corrected chi connectivity index (χ1v) is 6.59. The summed E-state index contributed by atoms with van der Waals surface area (Å²) in [6, 6.07) is 7.74. The van der Waals surface area contributed by atoms with Crippen LogP contribution in [0.2, 0.25) is 0 Å². The highest BCUT2D eigenvalue weighted by Gasteiger charge is 2.14. The molecule has 1 aromatic carbocycles. The van der Waals surface area contributed by atoms with Gasteiger partial charge in [-0.1, -0.05) is 0 Å². The average Bonchev–Trinajstić information content (AvgIpc) is 2.40. The Balaban J connectivity index is 1.96. The van der Waals surface area contributed by atoms with Crippen molar-refractivity contribution in [3.8, 4) is 0 Å². The van der Waals surface area contributed by atoms with E-state index in [0.717, 1.165) is 26.2 Å². The number of amides is 1. The lowest BCUT2D eigenvalue weighted by Gasteiger charge is -2.34. The van der Waals surface area contributed by atoms with E-state index in [0.29, 0.717) is 5.69 Å². The normalized spacial score (nSPS) is 18.2. The maximum Gasteiger partial charge on any atom is 0.252 e. The third-order valence-electron chi connectivity index (χ3n) is 3.38. The molecule has 1 amide bonds. The zero-order valence-electron chi connectivity index (χ0n) is 11.5. The Kier molecular flexibility index (Phi) is 4.39. The predicted molar refractivity (Wildman–Crippen MR) is 76.5 cm³/mol. The van der Waals surface area contributed by atoms with Gasteiger partial charge in [0.15, 0.2) is 0 Å². The lowest BCUT2D eigenvalue weighted by molar-refractivity contribution is -0.123. The molecule has 5 nitrogen and oxygen atoms in total. The van der Waals surface area contributed by atoms with Crippen molar-refractivity contribution < 1.29 is 9.90 Å². The summed E-state index contributed by atoms with van der Waals surface area (Å²) >= 11 is 0. The van der Waals surface area contributed by atoms with Crippen LogP contribution in [0.4, 0.5) is 11.4 Å². The van der Waals surface area contributed by atoms with Crippen LogP contribution in [0.1, 0.15) is 6.92 Å². The third kappa shape index (κ3) is 3.68. The molecule has 0 spiro atoms. The van der Waals surface area contributed by atoms with Gasteiger partial charge in [-0.15, -0.1) is 0 Å². The van der Waals surface area contributed by atoms with Crippen LogP contribution in [0, 0.1) is 0 Å². The van der Waals surface area contributed by atoms with Crippen molar-refractivity contribution in [1.29, 1.82) is 0 Å². The highest BCUT2D eigenvalue weighted by atomic mass is 16.3. The van der Waals surface area contributed by atoms with Crippen molar-refractivity contribution in [2.45, 2.75) is 13.0 Å². The van der Waals surface area contributed by atoms with Gasteiger partial charge in [-0.25, -0.2) is 0 Å². The van der Waals surface area contributed by atoms with E-state index in [2.05, 4.69) is 22.2 Å². The minimum absolute atomic E-state index is 0.382. The molecule has 1 fully saturated rings. The van der Waals surface area contributed by atoms with E-state index < -0.39 is 6.10 Å². The fraction of sp³-hybridized carbons (Fsp3) is 0.500. The second-order valence-electron chi connectivity index (χ2n) is 5.00. The smallest absolute Gasteiger partial charge is 0.252 e. The van der Waals surface area contributed by atoms with Gasteiger partial charge in [0.2, 0.25) is 0 Å². The van der Waals surface area contributed by atoms with E-state index in [1.54, 1.807) is 0 Å². The fourth-order valence-corrected chi connectivity index (χ4v) is 2.07. The SMILES string of the molecule is CC(O)C(=O)Nc1ccc(N2CCN(C)CC2)cc1. The summed E-state index contributed by atoms with van der Waals surface area (Å²) in [5.41, 5.74) is 1.88. The number of carbonyl (C=O) groups excluding carboxylic acids is 1. The van der Waals surface area contributed by atoms with Gasteiger partial charge in [-0.3, -0.25) is 4.79 Å². The van der Waals surface area contributed by atoms with E-state index in [1.165, 1.54) is 12.6 Å². The molecule has 5 heteroatoms. The van der Waals surface area contributed by atoms with Crippen molar-refractivity contribution in [3.05, 3.63) is 24.3 Å². The van der Waals surface area contributed by atoms with Crippen LogP contribution in [-0.2, 0) is 4.79 Å². The van der Waals surface area contributed by atoms with Crippen LogP contribution < -0.4 is 10.2 Å². The molecule has 1 unspecified atom stereocenters. The molecule has 0 aliphatic carbocycles. The van der Waals surface area contributed by atoms with Gasteiger partial charge in [-0.05, 0) is 38.2 Å². The summed E-state index contributed by atoms with van der Waals surface area (Å²) in [5, 5.41) is 11.8. The minimum Gasteiger partial charge on any atom is -0.384 e. The highest BCUT2D eigenvalue weighted by molar-refractivity contribution is 5.93. The summed E-state index contributed by atoms with van der Waals surface area (Å²) in [5.74, 6) is -0.382. The summed E-state index contributed by atoms with van der Waals surface area (Å²) in [6.07, 6.45) is -0.989. The molecule has 2 N–H and O–H groups in total. The summed E-state index contributed by atoms with van der Waals surface area (Å²) in [4.78, 5) is 16.0. The summed E-state index contributed by atoms with van der Waals surface area (Å²) < 4.78 is 0. The molecule has 0 aromatic heterocycles. The molecule has 0 radical (unpaired) electrons. The largest absolute Gasteiger partial charge is 0.384 e. The number of anilines is 2. The van der Waals surface area contributed by atoms with Gasteiger partial charge in [0.05, 0.1) is 0 Å². The van der Waals surface area contributed by atoms with Crippen molar-refractivity contribution in [3.63, 3.8) is 0 Å². The third-order valence-corrected chi connectivity index (χ3v) is 3.38. The van der Waals surface area contributed by atoms with Crippen LogP contribution in [0.5, 0.6) is 0 Å². The van der Waals surface area contributed by atoms with Crippen LogP contribution in [0.3, 0.4) is 0 Å². The quantitative estimate of drug-likeness (QED) is 0.845. The second kappa shape index (κ2) is 6.04. The monoisotopic (exact) mass is 263 g/mol. The first-order chi connectivity index (χ1) is 9.06. The molecule has 1 aliphatic heterocycles. The number of carbonyl (C=O) groups is 1. The Morgan fingerprint density at radius 1 is 1.21 bits per heavy atom. The maximum atomic E-state index is 11.4. The van der Waals surface area contributed by atoms with Gasteiger partial charge in [0.25, 0.3) is 5.91 Å². The number of nitrogens with one attached hydrogen (secondary N) is 1. The lowest BCUT2D eigenvalue weighted by Crippen LogP contribution is -2.44. The number of aliphatic hydroxyl groups is 1. The molecule has 0 bridgehead atoms. The number of nitrogens with zero attached hydrogens (tertiary/aromatic N) is 2. The van der Waals surface area contributed by atoms with Gasteiger partial charge in [-0.2, -0.15) is 0 Å². The molecule has 104 valence electrons. The minimum atomic E-state index is -0.989. The fourth-order valence-electron chi connectivity index (χ4n) is 2.07. The van der Waals surface area contributed by atoms with Crippen molar-refractivity contribution >= 4 is 17.3 Å². The molecular weight excluding hydrogens is 242 g/mol. The Morgan fingerprint density at radius 2 is 1.79 bits per heavy atom. The molecule has 1 atom stereocenters. The number of rotatable bonds is 3. The number of hydrogen-bond donors (Lipinski definition) is 2. The van der Waals surface area contributed by atoms with E-state index in [4.69, 9.17) is 5.11 Å². The molecule has 1 aliphatic rings. The molecule has 1 aromatic rings. The topological polar surface area (TPSA) is 55.8 Å². The standard InChI is InChI=1S/C14H21N3O2/c1-11(18)14(19)15-12-3-5-13(6-4-12)17-9-7-16(2)8-10-17/h3-6,11,18H,7-10H2,1-2H3,(H,15,19). The predicted octanol–water partition coefficient (Wildman–Crippen LogP) is 0.758. The van der Waals surface area contributed by atoms with Crippen molar-refractivity contribution in [2.24, 2.45) is 0 Å². The molecule has 0 saturated carbocycles. The zero-order chi connectivity index (χ0) is 13.8. The van der Waals surface area contributed by atoms with Crippen molar-refractivity contribution in [2.75, 3.05) is 43.4 Å². The first kappa shape index (κ1) is 13.8. The van der Waals surface area contributed by atoms with E-state index >= 15 is 0 Å². The van der Waals surface area contributed by atoms with Gasteiger partial charge >= 0.3 is 0 Å². The van der Waals surface area contributed by atoms with E-state index in [1.807, 2.05) is 24.3 Å². The number of hydrogen-bond acceptors (Lipinski definition) is 4. The van der Waals surface area contributed by atoms with Crippen LogP contribution in [-0.4, -0.2) is 55.2 Å². The highest BCUT2D eigenvalue weighted by Crippen LogP contribution is 2.19. The average molecular weight is 263 g/mol. The van der Waals surface area contributed by atoms with Gasteiger partial charge in [0, 0.05) is 37.6 Å². The van der Waals surface area contributed by atoms with Gasteiger partial charge in [0.1, 0.15) is 6.10 Å². The Hall–Kier alpha value is -1.59. The number of piperazine rings is 1. The Morgan fingerprint density at radius 3 is 2.32 bits per heavy atom. The van der Waals surface area contributed by atoms with Crippen LogP contribution in [0.25, 0.3) is 0 Å². The lowest BCUT2D eigenvalue weighted by atomic mass is 10.2. The zero-order valence-corrected chi connectivity index (χ0v) is 11.5. The number of benzene rings is 1. The van der Waals surface area contributed by atoms with E-state index in [-0.39, 0.29) is 5.91 Å². The molecule has 2 rings (SSSR count). The Labute approximate surface area is 113 Å². The van der Waals surface area contributed by atoms with E-state index in [9.17, 15) is 4.79 Å². The van der Waals surface area contributed by atoms with Gasteiger partial charge < -0.3 is 20.2 Å². The number of likely N-dealkylation sites (N-methyl/N-ethyl adjacent to an activating group) is 1. The van der Waals surface area contributed by atoms with Crippen LogP contribution >= 0.6 is 0 Å². The van der Waals surface area contributed by atoms with Crippen LogP contribution in [0.15, 0.2) is 24.3 Å². The molecule has 19 heavy (non-hydrogen) atoms. The molecule has 1 saturated heterocycles. The summed E-state index contributed by atoms with van der Waals surface area (Å²) in [6.45, 7) is 5.64. The maximum absolute atomic E-state index is 11.4. The van der Waals surface area contributed by atoms with Crippen molar-refractivity contribution in [1.82, 2.24) is 4.90 Å².